The average Bonchev–Trinajstić information content (AvgIpc) is 2.90. The number of benzene rings is 2. The fraction of sp³-hybridized carbons (Fsp3) is 0.158. The summed E-state index contributed by atoms with van der Waals surface area (Å²) < 4.78 is 5.67. The van der Waals surface area contributed by atoms with Crippen molar-refractivity contribution >= 4 is 11.1 Å². The van der Waals surface area contributed by atoms with E-state index in [2.05, 4.69) is 49.9 Å². The highest BCUT2D eigenvalue weighted by Crippen LogP contribution is 2.37. The number of hydrogen-bond donors (Lipinski definition) is 0. The molecule has 1 aliphatic heterocycles. The van der Waals surface area contributed by atoms with Gasteiger partial charge in [-0.25, -0.2) is 0 Å². The molecule has 0 fully saturated rings. The lowest BCUT2D eigenvalue weighted by molar-refractivity contribution is 0.286. The Morgan fingerprint density at radius 3 is 2.30 bits per heavy atom. The van der Waals surface area contributed by atoms with Gasteiger partial charge in [0.05, 0.1) is 0 Å². The van der Waals surface area contributed by atoms with Crippen molar-refractivity contribution in [2.24, 2.45) is 0 Å². The molecule has 2 aromatic rings. The van der Waals surface area contributed by atoms with Gasteiger partial charge in [0.15, 0.2) is 0 Å². The van der Waals surface area contributed by atoms with Crippen LogP contribution in [0.15, 0.2) is 66.9 Å². The van der Waals surface area contributed by atoms with E-state index in [0.717, 1.165) is 17.8 Å². The molecular weight excluding hydrogens is 244 g/mol. The number of ether oxygens (including phenoxy) is 1. The van der Waals surface area contributed by atoms with Gasteiger partial charge in [0.2, 0.25) is 0 Å². The van der Waals surface area contributed by atoms with Crippen LogP contribution >= 0.6 is 0 Å². The van der Waals surface area contributed by atoms with Crippen molar-refractivity contribution in [1.82, 2.24) is 0 Å². The zero-order chi connectivity index (χ0) is 13.9. The van der Waals surface area contributed by atoms with Gasteiger partial charge in [-0.15, -0.1) is 0 Å². The molecule has 1 aliphatic rings. The Kier molecular flexibility index (Phi) is 3.42. The van der Waals surface area contributed by atoms with Crippen LogP contribution in [-0.2, 0) is 11.2 Å². The summed E-state index contributed by atoms with van der Waals surface area (Å²) in [5, 5.41) is 0. The lowest BCUT2D eigenvalue weighted by Crippen LogP contribution is -1.90. The molecule has 3 rings (SSSR count). The molecule has 0 spiro atoms. The van der Waals surface area contributed by atoms with Crippen LogP contribution in [0.3, 0.4) is 0 Å². The largest absolute Gasteiger partial charge is 0.489 e. The van der Waals surface area contributed by atoms with Crippen LogP contribution < -0.4 is 0 Å². The predicted octanol–water partition coefficient (Wildman–Crippen LogP) is 4.70. The van der Waals surface area contributed by atoms with Crippen LogP contribution in [0.1, 0.15) is 23.6 Å². The van der Waals surface area contributed by atoms with E-state index in [1.807, 2.05) is 18.2 Å². The van der Waals surface area contributed by atoms with E-state index < -0.39 is 0 Å². The summed E-state index contributed by atoms with van der Waals surface area (Å²) in [4.78, 5) is 0. The monoisotopic (exact) mass is 262 g/mol. The molecule has 0 saturated heterocycles. The zero-order valence-electron chi connectivity index (χ0n) is 11.7. The van der Waals surface area contributed by atoms with Crippen LogP contribution in [0.25, 0.3) is 11.1 Å². The summed E-state index contributed by atoms with van der Waals surface area (Å²) in [7, 11) is 0. The van der Waals surface area contributed by atoms with Gasteiger partial charge >= 0.3 is 0 Å². The van der Waals surface area contributed by atoms with Crippen LogP contribution in [0.4, 0.5) is 0 Å². The van der Waals surface area contributed by atoms with E-state index in [4.69, 9.17) is 4.74 Å². The minimum atomic E-state index is 0.606. The van der Waals surface area contributed by atoms with Gasteiger partial charge in [-0.2, -0.15) is 0 Å². The van der Waals surface area contributed by atoms with E-state index in [0.29, 0.717) is 6.61 Å². The summed E-state index contributed by atoms with van der Waals surface area (Å²) in [6.45, 7) is 6.82. The van der Waals surface area contributed by atoms with Crippen LogP contribution in [0, 0.1) is 0 Å². The minimum Gasteiger partial charge on any atom is -0.489 e. The molecule has 0 aromatic heterocycles. The number of allylic oxidation sites excluding steroid dienone is 1. The highest BCUT2D eigenvalue weighted by molar-refractivity contribution is 5.99. The first kappa shape index (κ1) is 12.7. The average molecular weight is 262 g/mol. The lowest BCUT2D eigenvalue weighted by Gasteiger charge is -2.07. The molecule has 1 heterocycles. The second-order valence-corrected chi connectivity index (χ2v) is 4.98. The third-order valence-corrected chi connectivity index (χ3v) is 3.74. The molecular formula is C19H18O. The maximum Gasteiger partial charge on any atom is 0.120 e. The molecule has 0 atom stereocenters. The van der Waals surface area contributed by atoms with Crippen molar-refractivity contribution < 1.29 is 4.74 Å². The van der Waals surface area contributed by atoms with Crippen LogP contribution in [0.2, 0.25) is 0 Å². The van der Waals surface area contributed by atoms with Gasteiger partial charge in [0, 0.05) is 11.1 Å². The summed E-state index contributed by atoms with van der Waals surface area (Å²) in [5.74, 6) is 0.769. The fourth-order valence-corrected chi connectivity index (χ4v) is 2.58. The molecule has 1 heteroatoms. The Morgan fingerprint density at radius 1 is 0.950 bits per heavy atom. The summed E-state index contributed by atoms with van der Waals surface area (Å²) in [6, 6.07) is 19.1. The molecule has 0 N–H and O–H groups in total. The standard InChI is InChI=1S/C19H18O/c1-3-15-9-11-16(12-10-15)18-13-20-14(2)19(18)17-7-5-4-6-8-17/h4-12H,2-3,13H2,1H3. The number of aryl methyl sites for hydroxylation is 1. The molecule has 20 heavy (non-hydrogen) atoms. The van der Waals surface area contributed by atoms with Crippen LogP contribution in [-0.4, -0.2) is 6.61 Å². The lowest BCUT2D eigenvalue weighted by atomic mass is 9.95. The first-order chi connectivity index (χ1) is 9.79. The molecule has 0 radical (unpaired) electrons. The normalized spacial score (nSPS) is 14.6. The second kappa shape index (κ2) is 5.38. The van der Waals surface area contributed by atoms with Gasteiger partial charge in [0.1, 0.15) is 12.4 Å². The Labute approximate surface area is 120 Å². The predicted molar refractivity (Wildman–Crippen MR) is 84.2 cm³/mol. The molecule has 2 aromatic carbocycles. The van der Waals surface area contributed by atoms with E-state index in [1.54, 1.807) is 0 Å². The van der Waals surface area contributed by atoms with Gasteiger partial charge in [-0.05, 0) is 23.1 Å². The van der Waals surface area contributed by atoms with Crippen LogP contribution in [0.5, 0.6) is 0 Å². The Hall–Kier alpha value is -2.28. The van der Waals surface area contributed by atoms with Crippen molar-refractivity contribution in [2.75, 3.05) is 6.61 Å². The van der Waals surface area contributed by atoms with Gasteiger partial charge in [-0.3, -0.25) is 0 Å². The number of rotatable bonds is 3. The zero-order valence-corrected chi connectivity index (χ0v) is 11.7. The molecule has 0 amide bonds. The van der Waals surface area contributed by atoms with Crippen molar-refractivity contribution in [2.45, 2.75) is 13.3 Å². The minimum absolute atomic E-state index is 0.606. The van der Waals surface area contributed by atoms with E-state index in [1.165, 1.54) is 22.3 Å². The summed E-state index contributed by atoms with van der Waals surface area (Å²) >= 11 is 0. The molecule has 0 saturated carbocycles. The first-order valence-corrected chi connectivity index (χ1v) is 6.99. The maximum absolute atomic E-state index is 5.67. The van der Waals surface area contributed by atoms with Gasteiger partial charge in [-0.1, -0.05) is 68.1 Å². The third kappa shape index (κ3) is 2.27. The Bertz CT molecular complexity index is 648. The highest BCUT2D eigenvalue weighted by atomic mass is 16.5. The summed E-state index contributed by atoms with van der Waals surface area (Å²) in [5.41, 5.74) is 6.11. The Morgan fingerprint density at radius 2 is 1.65 bits per heavy atom. The Balaban J connectivity index is 2.08. The molecule has 0 unspecified atom stereocenters. The first-order valence-electron chi connectivity index (χ1n) is 6.99. The molecule has 100 valence electrons. The van der Waals surface area contributed by atoms with Crippen molar-refractivity contribution in [3.8, 4) is 0 Å². The van der Waals surface area contributed by atoms with E-state index in [-0.39, 0.29) is 0 Å². The van der Waals surface area contributed by atoms with E-state index >= 15 is 0 Å². The number of hydrogen-bond acceptors (Lipinski definition) is 1. The highest BCUT2D eigenvalue weighted by Gasteiger charge is 2.22. The fourth-order valence-electron chi connectivity index (χ4n) is 2.58. The summed E-state index contributed by atoms with van der Waals surface area (Å²) in [6.07, 6.45) is 1.06. The smallest absolute Gasteiger partial charge is 0.120 e. The third-order valence-electron chi connectivity index (χ3n) is 3.74. The van der Waals surface area contributed by atoms with Crippen molar-refractivity contribution in [3.63, 3.8) is 0 Å². The second-order valence-electron chi connectivity index (χ2n) is 4.98. The van der Waals surface area contributed by atoms with Crippen molar-refractivity contribution in [3.05, 3.63) is 83.6 Å². The van der Waals surface area contributed by atoms with Gasteiger partial charge < -0.3 is 4.74 Å². The molecule has 0 bridgehead atoms. The molecule has 0 aliphatic carbocycles. The maximum atomic E-state index is 5.67. The van der Waals surface area contributed by atoms with E-state index in [9.17, 15) is 0 Å². The topological polar surface area (TPSA) is 9.23 Å². The quantitative estimate of drug-likeness (QED) is 0.778. The molecule has 1 nitrogen and oxygen atoms in total. The SMILES string of the molecule is C=C1OCC(c2ccc(CC)cc2)=C1c1ccccc1. The van der Waals surface area contributed by atoms with Crippen molar-refractivity contribution in [1.29, 1.82) is 0 Å². The van der Waals surface area contributed by atoms with Gasteiger partial charge in [0.25, 0.3) is 0 Å².